The van der Waals surface area contributed by atoms with Gasteiger partial charge in [-0.25, -0.2) is 14.4 Å². The van der Waals surface area contributed by atoms with E-state index in [-0.39, 0.29) is 5.69 Å². The minimum Gasteiger partial charge on any atom is -0.396 e. The molecule has 0 aliphatic heterocycles. The molecular weight excluding hydrogens is 517 g/mol. The number of nitrogen functional groups attached to an aromatic ring is 1. The van der Waals surface area contributed by atoms with Crippen LogP contribution in [-0.2, 0) is 6.42 Å². The van der Waals surface area contributed by atoms with E-state index in [1.54, 1.807) is 23.6 Å². The molecule has 1 aliphatic carbocycles. The maximum absolute atomic E-state index is 15.1. The second-order valence-electron chi connectivity index (χ2n) is 10.4. The van der Waals surface area contributed by atoms with E-state index in [2.05, 4.69) is 47.5 Å². The van der Waals surface area contributed by atoms with E-state index in [9.17, 15) is 0 Å². The summed E-state index contributed by atoms with van der Waals surface area (Å²) in [4.78, 5) is 15.0. The van der Waals surface area contributed by atoms with Gasteiger partial charge in [-0.2, -0.15) is 0 Å². The van der Waals surface area contributed by atoms with Crippen molar-refractivity contribution in [3.8, 4) is 10.4 Å². The lowest BCUT2D eigenvalue weighted by molar-refractivity contribution is 0.393. The summed E-state index contributed by atoms with van der Waals surface area (Å²) in [5, 5.41) is 3.45. The van der Waals surface area contributed by atoms with Crippen LogP contribution in [0.25, 0.3) is 27.2 Å². The number of nitrogens with one attached hydrogen (secondary N) is 2. The van der Waals surface area contributed by atoms with Crippen molar-refractivity contribution in [2.45, 2.75) is 52.4 Å². The van der Waals surface area contributed by atoms with E-state index in [1.165, 1.54) is 30.2 Å². The fourth-order valence-electron chi connectivity index (χ4n) is 5.38. The van der Waals surface area contributed by atoms with E-state index < -0.39 is 5.82 Å². The molecule has 5 nitrogen and oxygen atoms in total. The lowest BCUT2D eigenvalue weighted by Crippen LogP contribution is -2.20. The van der Waals surface area contributed by atoms with Crippen molar-refractivity contribution in [2.24, 2.45) is 5.92 Å². The first-order chi connectivity index (χ1) is 19.4. The van der Waals surface area contributed by atoms with Crippen LogP contribution in [0.4, 0.5) is 10.1 Å². The highest BCUT2D eigenvalue weighted by Crippen LogP contribution is 2.33. The van der Waals surface area contributed by atoms with Crippen molar-refractivity contribution in [3.63, 3.8) is 0 Å². The Morgan fingerprint density at radius 1 is 1.23 bits per heavy atom. The lowest BCUT2D eigenvalue weighted by atomic mass is 9.87. The molecule has 1 aliphatic rings. The number of fused-ring (bicyclic) bond motifs is 1. The van der Waals surface area contributed by atoms with Gasteiger partial charge in [-0.15, -0.1) is 11.3 Å². The maximum Gasteiger partial charge on any atom is 0.178 e. The standard InChI is InChI=1S/C33H36FN5S/c1-5-22(17-26(6-2)37-21(4)23-10-8-7-9-11-23)24-16-25(31(35)28(34)18-24)19-30-38-32-27(14-15-36-33(32)39-30)29-13-12-20(3)40-29/h5-6,12-18,23,37H,2,4,7-11,19,35H2,1,3H3,(H,36,38,39)/b22-5+,26-17+. The van der Waals surface area contributed by atoms with E-state index in [0.29, 0.717) is 29.4 Å². The second kappa shape index (κ2) is 12.0. The summed E-state index contributed by atoms with van der Waals surface area (Å²) in [6.07, 6.45) is 13.9. The quantitative estimate of drug-likeness (QED) is 0.143. The predicted molar refractivity (Wildman–Crippen MR) is 166 cm³/mol. The molecule has 0 bridgehead atoms. The Bertz CT molecular complexity index is 1620. The van der Waals surface area contributed by atoms with Gasteiger partial charge in [0.05, 0.1) is 11.2 Å². The van der Waals surface area contributed by atoms with Crippen LogP contribution >= 0.6 is 11.3 Å². The van der Waals surface area contributed by atoms with Crippen molar-refractivity contribution in [1.29, 1.82) is 0 Å². The highest BCUT2D eigenvalue weighted by Gasteiger charge is 2.18. The number of anilines is 1. The third-order valence-electron chi connectivity index (χ3n) is 7.60. The van der Waals surface area contributed by atoms with E-state index in [1.807, 2.05) is 31.2 Å². The monoisotopic (exact) mass is 553 g/mol. The molecule has 0 atom stereocenters. The molecule has 3 aromatic heterocycles. The van der Waals surface area contributed by atoms with Crippen molar-refractivity contribution in [2.75, 3.05) is 5.73 Å². The highest BCUT2D eigenvalue weighted by molar-refractivity contribution is 7.15. The third kappa shape index (κ3) is 5.94. The Kier molecular flexibility index (Phi) is 8.31. The summed E-state index contributed by atoms with van der Waals surface area (Å²) in [5.41, 5.74) is 13.0. The van der Waals surface area contributed by atoms with Gasteiger partial charge in [0.1, 0.15) is 11.6 Å². The van der Waals surface area contributed by atoms with E-state index >= 15 is 4.39 Å². The minimum atomic E-state index is -0.455. The average Bonchev–Trinajstić information content (AvgIpc) is 3.59. The first-order valence-electron chi connectivity index (χ1n) is 13.8. The number of nitrogens with two attached hydrogens (primary N) is 1. The second-order valence-corrected chi connectivity index (χ2v) is 11.7. The molecule has 206 valence electrons. The number of H-pyrrole nitrogens is 1. The zero-order valence-corrected chi connectivity index (χ0v) is 24.0. The molecule has 3 heterocycles. The summed E-state index contributed by atoms with van der Waals surface area (Å²) >= 11 is 1.72. The van der Waals surface area contributed by atoms with Gasteiger partial charge in [0.15, 0.2) is 5.65 Å². The Morgan fingerprint density at radius 3 is 2.73 bits per heavy atom. The zero-order chi connectivity index (χ0) is 28.2. The van der Waals surface area contributed by atoms with Gasteiger partial charge in [0, 0.05) is 39.3 Å². The fraction of sp³-hybridized carbons (Fsp3) is 0.273. The third-order valence-corrected chi connectivity index (χ3v) is 8.63. The largest absolute Gasteiger partial charge is 0.396 e. The molecule has 5 rings (SSSR count). The van der Waals surface area contributed by atoms with Crippen LogP contribution in [-0.4, -0.2) is 15.0 Å². The first-order valence-corrected chi connectivity index (χ1v) is 14.6. The molecule has 0 amide bonds. The van der Waals surface area contributed by atoms with Gasteiger partial charge in [0.2, 0.25) is 0 Å². The van der Waals surface area contributed by atoms with Crippen LogP contribution in [0.5, 0.6) is 0 Å². The van der Waals surface area contributed by atoms with Gasteiger partial charge in [-0.05, 0) is 91.8 Å². The zero-order valence-electron chi connectivity index (χ0n) is 23.2. The molecule has 0 saturated heterocycles. The van der Waals surface area contributed by atoms with Crippen LogP contribution < -0.4 is 11.1 Å². The molecule has 1 fully saturated rings. The number of aryl methyl sites for hydroxylation is 1. The number of halogens is 1. The van der Waals surface area contributed by atoms with Crippen LogP contribution in [0.15, 0.2) is 79.3 Å². The fourth-order valence-corrected chi connectivity index (χ4v) is 6.28. The van der Waals surface area contributed by atoms with Gasteiger partial charge >= 0.3 is 0 Å². The number of pyridine rings is 1. The molecule has 7 heteroatoms. The van der Waals surface area contributed by atoms with Crippen LogP contribution in [0.1, 0.15) is 60.9 Å². The summed E-state index contributed by atoms with van der Waals surface area (Å²) in [6, 6.07) is 9.62. The van der Waals surface area contributed by atoms with Crippen molar-refractivity contribution < 1.29 is 4.39 Å². The number of hydrogen-bond donors (Lipinski definition) is 3. The number of imidazole rings is 1. The molecule has 4 N–H and O–H groups in total. The topological polar surface area (TPSA) is 79.6 Å². The summed E-state index contributed by atoms with van der Waals surface area (Å²) in [6.45, 7) is 12.3. The van der Waals surface area contributed by atoms with E-state index in [0.717, 1.165) is 51.3 Å². The van der Waals surface area contributed by atoms with Gasteiger partial charge < -0.3 is 16.0 Å². The normalized spacial score (nSPS) is 15.0. The number of benzene rings is 1. The Hall–Kier alpha value is -3.97. The Morgan fingerprint density at radius 2 is 2.02 bits per heavy atom. The van der Waals surface area contributed by atoms with Gasteiger partial charge in [-0.1, -0.05) is 38.5 Å². The average molecular weight is 554 g/mol. The predicted octanol–water partition coefficient (Wildman–Crippen LogP) is 8.46. The Balaban J connectivity index is 1.42. The summed E-state index contributed by atoms with van der Waals surface area (Å²) in [7, 11) is 0. The number of allylic oxidation sites excluding steroid dienone is 5. The summed E-state index contributed by atoms with van der Waals surface area (Å²) in [5.74, 6) is 0.694. The molecule has 1 aromatic carbocycles. The minimum absolute atomic E-state index is 0.124. The number of nitrogens with zero attached hydrogens (tertiary/aromatic N) is 2. The molecule has 4 aromatic rings. The number of rotatable bonds is 9. The number of aromatic amines is 1. The van der Waals surface area contributed by atoms with Crippen LogP contribution in [0, 0.1) is 18.7 Å². The first kappa shape index (κ1) is 27.6. The van der Waals surface area contributed by atoms with Gasteiger partial charge in [0.25, 0.3) is 0 Å². The maximum atomic E-state index is 15.1. The highest BCUT2D eigenvalue weighted by atomic mass is 32.1. The number of aromatic nitrogens is 3. The molecular formula is C33H36FN5S. The molecule has 0 radical (unpaired) electrons. The number of hydrogen-bond acceptors (Lipinski definition) is 5. The molecule has 0 unspecified atom stereocenters. The molecule has 1 saturated carbocycles. The Labute approximate surface area is 239 Å². The molecule has 40 heavy (non-hydrogen) atoms. The van der Waals surface area contributed by atoms with Crippen molar-refractivity contribution in [3.05, 3.63) is 107 Å². The molecule has 0 spiro atoms. The van der Waals surface area contributed by atoms with Crippen molar-refractivity contribution in [1.82, 2.24) is 20.3 Å². The number of thiophene rings is 1. The smallest absolute Gasteiger partial charge is 0.178 e. The summed E-state index contributed by atoms with van der Waals surface area (Å²) < 4.78 is 15.1. The van der Waals surface area contributed by atoms with Gasteiger partial charge in [-0.3, -0.25) is 0 Å². The lowest BCUT2D eigenvalue weighted by Gasteiger charge is -2.25. The van der Waals surface area contributed by atoms with Crippen LogP contribution in [0.3, 0.4) is 0 Å². The van der Waals surface area contributed by atoms with Crippen LogP contribution in [0.2, 0.25) is 0 Å². The van der Waals surface area contributed by atoms with Crippen molar-refractivity contribution >= 4 is 33.8 Å². The SMILES string of the molecule is C=C/C(=C\C(=C/C)c1cc(F)c(N)c(Cc2nc3nccc(-c4ccc(C)s4)c3[nH]2)c1)NC(=C)C1CCCCC1. The van der Waals surface area contributed by atoms with E-state index in [4.69, 9.17) is 10.7 Å².